The first-order chi connectivity index (χ1) is 20.7. The van der Waals surface area contributed by atoms with Crippen molar-refractivity contribution < 1.29 is 24.2 Å². The molecule has 1 spiro atoms. The molecule has 7 nitrogen and oxygen atoms in total. The smallest absolute Gasteiger partial charge is 0.311 e. The van der Waals surface area contributed by atoms with Gasteiger partial charge in [0, 0.05) is 11.3 Å². The van der Waals surface area contributed by atoms with Crippen molar-refractivity contribution in [3.05, 3.63) is 89.0 Å². The summed E-state index contributed by atoms with van der Waals surface area (Å²) in [5.74, 6) is -2.64. The number of carbonyl (C=O) groups excluding carboxylic acids is 3. The molecule has 0 aromatic heterocycles. The first-order valence-electron chi connectivity index (χ1n) is 15.0. The molecule has 2 saturated heterocycles. The standard InChI is InChI=1S/C34H37ClN2O5S/c1-22-12-10-15-25(35)28(22)36-18-11-17-34-26(27-32(41)42-19-9-4-3-8-16-33(27,2)43-34)30(39)37(29(34)31(36)40)24(21-38)20-23-13-6-5-7-14-23/h5-8,10-17,24,26-27,29,38H,3-4,9,18-21H2,1-2H3/b16-8-/t24-,26+,27-,29?,33+,34+/m1/s1. The van der Waals surface area contributed by atoms with Crippen molar-refractivity contribution in [3.8, 4) is 0 Å². The Labute approximate surface area is 261 Å². The summed E-state index contributed by atoms with van der Waals surface area (Å²) in [6.45, 7) is 4.12. The Morgan fingerprint density at radius 3 is 2.56 bits per heavy atom. The number of halogens is 1. The van der Waals surface area contributed by atoms with Crippen LogP contribution < -0.4 is 4.90 Å². The number of aryl methyl sites for hydroxylation is 1. The summed E-state index contributed by atoms with van der Waals surface area (Å²) in [5, 5.41) is 11.2. The molecule has 2 amide bonds. The molecule has 226 valence electrons. The number of amides is 2. The first kappa shape index (κ1) is 30.0. The molecule has 4 heterocycles. The Balaban J connectivity index is 1.52. The van der Waals surface area contributed by atoms with Gasteiger partial charge in [-0.1, -0.05) is 78.4 Å². The van der Waals surface area contributed by atoms with Crippen molar-refractivity contribution in [2.75, 3.05) is 24.7 Å². The highest BCUT2D eigenvalue weighted by atomic mass is 35.5. The zero-order valence-corrected chi connectivity index (χ0v) is 26.0. The highest BCUT2D eigenvalue weighted by Gasteiger charge is 2.74. The highest BCUT2D eigenvalue weighted by Crippen LogP contribution is 2.65. The Kier molecular flexibility index (Phi) is 8.22. The Morgan fingerprint density at radius 2 is 1.81 bits per heavy atom. The summed E-state index contributed by atoms with van der Waals surface area (Å²) in [5.41, 5.74) is 2.38. The minimum atomic E-state index is -1.06. The molecule has 6 rings (SSSR count). The fourth-order valence-electron chi connectivity index (χ4n) is 7.43. The topological polar surface area (TPSA) is 87.2 Å². The number of fused-ring (bicyclic) bond motifs is 2. The van der Waals surface area contributed by atoms with Crippen LogP contribution in [0.5, 0.6) is 0 Å². The SMILES string of the molecule is Cc1cccc(Cl)c1N1CC=C[C@]23S[C@@]4(C)/C=C\CCCCOC(=O)[C@H]4[C@H]2C(=O)N([C@@H](CO)Cc2ccccc2)C3C1=O. The minimum Gasteiger partial charge on any atom is -0.465 e. The van der Waals surface area contributed by atoms with E-state index < -0.39 is 39.4 Å². The van der Waals surface area contributed by atoms with Crippen molar-refractivity contribution in [1.29, 1.82) is 0 Å². The molecule has 0 bridgehead atoms. The van der Waals surface area contributed by atoms with E-state index in [1.165, 1.54) is 11.8 Å². The van der Waals surface area contributed by atoms with E-state index >= 15 is 0 Å². The third-order valence-corrected chi connectivity index (χ3v) is 11.4. The number of esters is 1. The van der Waals surface area contributed by atoms with E-state index in [4.69, 9.17) is 16.3 Å². The third kappa shape index (κ3) is 5.01. The van der Waals surface area contributed by atoms with E-state index in [0.717, 1.165) is 30.4 Å². The lowest BCUT2D eigenvalue weighted by molar-refractivity contribution is -0.154. The van der Waals surface area contributed by atoms with Gasteiger partial charge in [-0.15, -0.1) is 11.8 Å². The number of hydrogen-bond acceptors (Lipinski definition) is 6. The summed E-state index contributed by atoms with van der Waals surface area (Å²) in [4.78, 5) is 46.8. The molecule has 1 N–H and O–H groups in total. The van der Waals surface area contributed by atoms with Crippen LogP contribution in [-0.2, 0) is 25.5 Å². The van der Waals surface area contributed by atoms with E-state index in [1.54, 1.807) is 15.9 Å². The number of rotatable bonds is 5. The van der Waals surface area contributed by atoms with Gasteiger partial charge in [0.15, 0.2) is 0 Å². The molecule has 1 unspecified atom stereocenters. The summed E-state index contributed by atoms with van der Waals surface area (Å²) in [7, 11) is 0. The van der Waals surface area contributed by atoms with Gasteiger partial charge in [-0.25, -0.2) is 0 Å². The Morgan fingerprint density at radius 1 is 1.02 bits per heavy atom. The van der Waals surface area contributed by atoms with E-state index in [-0.39, 0.29) is 25.0 Å². The second-order valence-corrected chi connectivity index (χ2v) is 14.3. The van der Waals surface area contributed by atoms with Gasteiger partial charge in [0.1, 0.15) is 6.04 Å². The molecular formula is C34H37ClN2O5S. The van der Waals surface area contributed by atoms with Gasteiger partial charge >= 0.3 is 5.97 Å². The number of likely N-dealkylation sites (tertiary alicyclic amines) is 1. The summed E-state index contributed by atoms with van der Waals surface area (Å²) >= 11 is 8.20. The van der Waals surface area contributed by atoms with Crippen LogP contribution in [0.2, 0.25) is 5.02 Å². The normalized spacial score (nSPS) is 32.0. The average Bonchev–Trinajstić information content (AvgIpc) is 3.32. The maximum atomic E-state index is 14.9. The molecule has 0 radical (unpaired) electrons. The van der Waals surface area contributed by atoms with Crippen molar-refractivity contribution in [2.45, 2.75) is 61.1 Å². The van der Waals surface area contributed by atoms with Crippen LogP contribution in [0.25, 0.3) is 0 Å². The minimum absolute atomic E-state index is 0.265. The fourth-order valence-corrected chi connectivity index (χ4v) is 9.90. The molecule has 4 aliphatic rings. The third-order valence-electron chi connectivity index (χ3n) is 9.31. The second kappa shape index (κ2) is 11.8. The van der Waals surface area contributed by atoms with Crippen molar-refractivity contribution >= 4 is 46.8 Å². The molecule has 9 heteroatoms. The van der Waals surface area contributed by atoms with Gasteiger partial charge in [0.05, 0.1) is 46.5 Å². The highest BCUT2D eigenvalue weighted by molar-refractivity contribution is 8.02. The number of thioether (sulfide) groups is 1. The monoisotopic (exact) mass is 620 g/mol. The van der Waals surface area contributed by atoms with Crippen LogP contribution >= 0.6 is 23.4 Å². The number of aliphatic hydroxyl groups excluding tert-OH is 1. The van der Waals surface area contributed by atoms with Crippen LogP contribution in [0.4, 0.5) is 5.69 Å². The summed E-state index contributed by atoms with van der Waals surface area (Å²) in [6, 6.07) is 13.5. The van der Waals surface area contributed by atoms with Crippen LogP contribution in [0, 0.1) is 18.8 Å². The number of cyclic esters (lactones) is 1. The number of hydrogen-bond donors (Lipinski definition) is 1. The van der Waals surface area contributed by atoms with E-state index in [0.29, 0.717) is 23.7 Å². The molecule has 2 aromatic carbocycles. The van der Waals surface area contributed by atoms with Crippen LogP contribution in [-0.4, -0.2) is 69.1 Å². The number of anilines is 1. The summed E-state index contributed by atoms with van der Waals surface area (Å²) in [6.07, 6.45) is 10.9. The summed E-state index contributed by atoms with van der Waals surface area (Å²) < 4.78 is 3.96. The number of ether oxygens (including phenoxy) is 1. The maximum absolute atomic E-state index is 14.9. The van der Waals surface area contributed by atoms with Crippen molar-refractivity contribution in [3.63, 3.8) is 0 Å². The quantitative estimate of drug-likeness (QED) is 0.369. The van der Waals surface area contributed by atoms with Crippen molar-refractivity contribution in [1.82, 2.24) is 4.90 Å². The lowest BCUT2D eigenvalue weighted by Gasteiger charge is -2.40. The number of allylic oxidation sites excluding steroid dienone is 1. The van der Waals surface area contributed by atoms with Gasteiger partial charge in [-0.3, -0.25) is 14.4 Å². The average molecular weight is 621 g/mol. The predicted molar refractivity (Wildman–Crippen MR) is 169 cm³/mol. The van der Waals surface area contributed by atoms with Gasteiger partial charge in [0.2, 0.25) is 5.91 Å². The fraction of sp³-hybridized carbons (Fsp3) is 0.441. The molecule has 6 atom stereocenters. The van der Waals surface area contributed by atoms with Gasteiger partial charge in [-0.2, -0.15) is 0 Å². The molecule has 4 aliphatic heterocycles. The number of nitrogens with zero attached hydrogens (tertiary/aromatic N) is 2. The van der Waals surface area contributed by atoms with E-state index in [1.807, 2.05) is 74.5 Å². The van der Waals surface area contributed by atoms with Crippen LogP contribution in [0.3, 0.4) is 0 Å². The van der Waals surface area contributed by atoms with Gasteiger partial charge in [-0.05, 0) is 56.7 Å². The van der Waals surface area contributed by atoms with Gasteiger partial charge in [0.25, 0.3) is 5.91 Å². The van der Waals surface area contributed by atoms with E-state index in [2.05, 4.69) is 6.08 Å². The van der Waals surface area contributed by atoms with E-state index in [9.17, 15) is 19.5 Å². The lowest BCUT2D eigenvalue weighted by atomic mass is 9.74. The van der Waals surface area contributed by atoms with Crippen LogP contribution in [0.15, 0.2) is 72.8 Å². The first-order valence-corrected chi connectivity index (χ1v) is 16.2. The lowest BCUT2D eigenvalue weighted by Crippen LogP contribution is -2.57. The zero-order valence-electron chi connectivity index (χ0n) is 24.4. The molecule has 2 fully saturated rings. The maximum Gasteiger partial charge on any atom is 0.311 e. The predicted octanol–water partition coefficient (Wildman–Crippen LogP) is 5.13. The van der Waals surface area contributed by atoms with Gasteiger partial charge < -0.3 is 19.6 Å². The molecule has 43 heavy (non-hydrogen) atoms. The molecular weight excluding hydrogens is 584 g/mol. The van der Waals surface area contributed by atoms with Crippen molar-refractivity contribution in [2.24, 2.45) is 11.8 Å². The zero-order chi connectivity index (χ0) is 30.4. The van der Waals surface area contributed by atoms with Crippen LogP contribution in [0.1, 0.15) is 37.3 Å². The largest absolute Gasteiger partial charge is 0.465 e. The number of carbonyl (C=O) groups is 3. The number of aliphatic hydroxyl groups is 1. The Hall–Kier alpha value is -3.07. The number of para-hydroxylation sites is 1. The Bertz CT molecular complexity index is 1460. The molecule has 0 aliphatic carbocycles. The molecule has 0 saturated carbocycles. The molecule has 2 aromatic rings. The number of benzene rings is 2. The second-order valence-electron chi connectivity index (χ2n) is 12.1.